The van der Waals surface area contributed by atoms with Crippen molar-refractivity contribution in [1.82, 2.24) is 15.2 Å². The molecule has 20 heavy (non-hydrogen) atoms. The molecule has 0 aliphatic carbocycles. The molecule has 1 amide bonds. The van der Waals surface area contributed by atoms with Gasteiger partial charge in [0, 0.05) is 44.6 Å². The Morgan fingerprint density at radius 2 is 2.40 bits per heavy atom. The maximum absolute atomic E-state index is 12.0. The standard InChI is InChI=1S/C15H23N3O2/c1-4-20-10-11(2)17-13-8-14(19)18(3)15(13)12-6-5-7-16-9-12/h5-7,9,11,13,15,17H,4,8,10H2,1-3H3/t11?,13-,15+/m1/s1. The lowest BCUT2D eigenvalue weighted by atomic mass is 10.0. The Morgan fingerprint density at radius 3 is 3.05 bits per heavy atom. The monoisotopic (exact) mass is 277 g/mol. The molecule has 2 heterocycles. The first-order valence-corrected chi connectivity index (χ1v) is 7.12. The summed E-state index contributed by atoms with van der Waals surface area (Å²) >= 11 is 0. The zero-order valence-corrected chi connectivity index (χ0v) is 12.4. The van der Waals surface area contributed by atoms with E-state index in [0.717, 1.165) is 5.56 Å². The number of nitrogens with zero attached hydrogens (tertiary/aromatic N) is 2. The molecular formula is C15H23N3O2. The first-order chi connectivity index (χ1) is 9.63. The molecule has 0 spiro atoms. The zero-order chi connectivity index (χ0) is 14.5. The van der Waals surface area contributed by atoms with Crippen molar-refractivity contribution in [3.05, 3.63) is 30.1 Å². The summed E-state index contributed by atoms with van der Waals surface area (Å²) in [6.45, 7) is 5.43. The second kappa shape index (κ2) is 6.81. The summed E-state index contributed by atoms with van der Waals surface area (Å²) in [5.41, 5.74) is 1.07. The van der Waals surface area contributed by atoms with Gasteiger partial charge in [-0.15, -0.1) is 0 Å². The lowest BCUT2D eigenvalue weighted by Crippen LogP contribution is -2.42. The van der Waals surface area contributed by atoms with E-state index in [0.29, 0.717) is 19.6 Å². The summed E-state index contributed by atoms with van der Waals surface area (Å²) < 4.78 is 5.43. The van der Waals surface area contributed by atoms with E-state index in [1.807, 2.05) is 37.2 Å². The second-order valence-electron chi connectivity index (χ2n) is 5.27. The SMILES string of the molecule is CCOCC(C)N[C@@H]1CC(=O)N(C)[C@H]1c1cccnc1. The van der Waals surface area contributed by atoms with Crippen LogP contribution in [-0.2, 0) is 9.53 Å². The highest BCUT2D eigenvalue weighted by molar-refractivity contribution is 5.80. The van der Waals surface area contributed by atoms with Gasteiger partial charge in [0.2, 0.25) is 5.91 Å². The van der Waals surface area contributed by atoms with E-state index in [1.54, 1.807) is 6.20 Å². The number of likely N-dealkylation sites (tertiary alicyclic amines) is 1. The van der Waals surface area contributed by atoms with E-state index in [1.165, 1.54) is 0 Å². The van der Waals surface area contributed by atoms with Gasteiger partial charge in [0.15, 0.2) is 0 Å². The molecule has 0 aromatic carbocycles. The first-order valence-electron chi connectivity index (χ1n) is 7.12. The summed E-state index contributed by atoms with van der Waals surface area (Å²) in [7, 11) is 1.86. The molecule has 1 aromatic heterocycles. The summed E-state index contributed by atoms with van der Waals surface area (Å²) in [6.07, 6.45) is 4.11. The van der Waals surface area contributed by atoms with Crippen molar-refractivity contribution >= 4 is 5.91 Å². The first kappa shape index (κ1) is 14.9. The molecule has 1 N–H and O–H groups in total. The molecule has 3 atom stereocenters. The Labute approximate surface area is 120 Å². The smallest absolute Gasteiger partial charge is 0.224 e. The summed E-state index contributed by atoms with van der Waals surface area (Å²) in [4.78, 5) is 18.0. The third kappa shape index (κ3) is 3.35. The molecule has 2 rings (SSSR count). The minimum atomic E-state index is 0.0419. The van der Waals surface area contributed by atoms with Gasteiger partial charge >= 0.3 is 0 Å². The predicted molar refractivity (Wildman–Crippen MR) is 77.2 cm³/mol. The van der Waals surface area contributed by atoms with Crippen molar-refractivity contribution in [1.29, 1.82) is 0 Å². The molecule has 5 heteroatoms. The van der Waals surface area contributed by atoms with Crippen LogP contribution in [0.4, 0.5) is 0 Å². The third-order valence-electron chi connectivity index (χ3n) is 3.68. The number of rotatable bonds is 6. The van der Waals surface area contributed by atoms with Gasteiger partial charge < -0.3 is 15.0 Å². The maximum Gasteiger partial charge on any atom is 0.224 e. The largest absolute Gasteiger partial charge is 0.380 e. The molecule has 1 aromatic rings. The fraction of sp³-hybridized carbons (Fsp3) is 0.600. The molecule has 1 aliphatic heterocycles. The van der Waals surface area contributed by atoms with Crippen LogP contribution < -0.4 is 5.32 Å². The minimum absolute atomic E-state index is 0.0419. The Balaban J connectivity index is 2.08. The number of pyridine rings is 1. The van der Waals surface area contributed by atoms with Gasteiger partial charge in [-0.2, -0.15) is 0 Å². The molecule has 0 saturated carbocycles. The van der Waals surface area contributed by atoms with Crippen LogP contribution in [0.15, 0.2) is 24.5 Å². The number of carbonyl (C=O) groups excluding carboxylic acids is 1. The number of hydrogen-bond acceptors (Lipinski definition) is 4. The Kier molecular flexibility index (Phi) is 5.09. The molecule has 110 valence electrons. The average Bonchev–Trinajstić information content (AvgIpc) is 2.72. The van der Waals surface area contributed by atoms with E-state index in [-0.39, 0.29) is 24.0 Å². The van der Waals surface area contributed by atoms with Gasteiger partial charge in [-0.1, -0.05) is 6.07 Å². The molecule has 0 bridgehead atoms. The van der Waals surface area contributed by atoms with Crippen molar-refractivity contribution in [2.24, 2.45) is 0 Å². The lowest BCUT2D eigenvalue weighted by molar-refractivity contribution is -0.127. The molecule has 1 aliphatic rings. The Morgan fingerprint density at radius 1 is 1.60 bits per heavy atom. The highest BCUT2D eigenvalue weighted by Gasteiger charge is 2.38. The van der Waals surface area contributed by atoms with Gasteiger partial charge in [0.25, 0.3) is 0 Å². The molecule has 0 radical (unpaired) electrons. The molecule has 1 saturated heterocycles. The predicted octanol–water partition coefficient (Wildman–Crippen LogP) is 1.37. The second-order valence-corrected chi connectivity index (χ2v) is 5.27. The number of nitrogens with one attached hydrogen (secondary N) is 1. The van der Waals surface area contributed by atoms with Crippen LogP contribution in [0.1, 0.15) is 31.9 Å². The number of ether oxygens (including phenoxy) is 1. The van der Waals surface area contributed by atoms with Crippen LogP contribution in [0.25, 0.3) is 0 Å². The molecule has 1 fully saturated rings. The van der Waals surface area contributed by atoms with Crippen molar-refractivity contribution in [3.8, 4) is 0 Å². The fourth-order valence-corrected chi connectivity index (χ4v) is 2.73. The summed E-state index contributed by atoms with van der Waals surface area (Å²) in [5.74, 6) is 0.167. The summed E-state index contributed by atoms with van der Waals surface area (Å²) in [6, 6.07) is 4.30. The Bertz CT molecular complexity index is 438. The van der Waals surface area contributed by atoms with Gasteiger partial charge in [-0.25, -0.2) is 0 Å². The van der Waals surface area contributed by atoms with E-state index in [9.17, 15) is 4.79 Å². The zero-order valence-electron chi connectivity index (χ0n) is 12.4. The normalized spacial score (nSPS) is 24.1. The van der Waals surface area contributed by atoms with Gasteiger partial charge in [0.1, 0.15) is 0 Å². The van der Waals surface area contributed by atoms with Crippen LogP contribution in [0.3, 0.4) is 0 Å². The van der Waals surface area contributed by atoms with Crippen LogP contribution in [-0.4, -0.2) is 48.1 Å². The van der Waals surface area contributed by atoms with Crippen molar-refractivity contribution in [2.75, 3.05) is 20.3 Å². The van der Waals surface area contributed by atoms with E-state index in [4.69, 9.17) is 4.74 Å². The Hall–Kier alpha value is -1.46. The van der Waals surface area contributed by atoms with Gasteiger partial charge in [-0.05, 0) is 25.5 Å². The highest BCUT2D eigenvalue weighted by Crippen LogP contribution is 2.31. The number of hydrogen-bond donors (Lipinski definition) is 1. The van der Waals surface area contributed by atoms with Crippen molar-refractivity contribution in [3.63, 3.8) is 0 Å². The lowest BCUT2D eigenvalue weighted by Gasteiger charge is -2.28. The van der Waals surface area contributed by atoms with Crippen LogP contribution in [0.2, 0.25) is 0 Å². The van der Waals surface area contributed by atoms with E-state index in [2.05, 4.69) is 17.2 Å². The number of likely N-dealkylation sites (N-methyl/N-ethyl adjacent to an activating group) is 1. The van der Waals surface area contributed by atoms with Gasteiger partial charge in [0.05, 0.1) is 12.6 Å². The topological polar surface area (TPSA) is 54.5 Å². The van der Waals surface area contributed by atoms with Crippen molar-refractivity contribution < 1.29 is 9.53 Å². The van der Waals surface area contributed by atoms with Gasteiger partial charge in [-0.3, -0.25) is 9.78 Å². The highest BCUT2D eigenvalue weighted by atomic mass is 16.5. The minimum Gasteiger partial charge on any atom is -0.380 e. The molecular weight excluding hydrogens is 254 g/mol. The van der Waals surface area contributed by atoms with E-state index < -0.39 is 0 Å². The molecule has 5 nitrogen and oxygen atoms in total. The maximum atomic E-state index is 12.0. The van der Waals surface area contributed by atoms with Crippen LogP contribution >= 0.6 is 0 Å². The average molecular weight is 277 g/mol. The van der Waals surface area contributed by atoms with Crippen LogP contribution in [0, 0.1) is 0 Å². The third-order valence-corrected chi connectivity index (χ3v) is 3.68. The van der Waals surface area contributed by atoms with Crippen molar-refractivity contribution in [2.45, 2.75) is 38.4 Å². The summed E-state index contributed by atoms with van der Waals surface area (Å²) in [5, 5.41) is 3.51. The van der Waals surface area contributed by atoms with E-state index >= 15 is 0 Å². The van der Waals surface area contributed by atoms with Crippen LogP contribution in [0.5, 0.6) is 0 Å². The number of carbonyl (C=O) groups is 1. The quantitative estimate of drug-likeness (QED) is 0.853. The number of amides is 1. The molecule has 1 unspecified atom stereocenters. The fourth-order valence-electron chi connectivity index (χ4n) is 2.73. The number of aromatic nitrogens is 1.